The van der Waals surface area contributed by atoms with Crippen LogP contribution in [0.1, 0.15) is 16.1 Å². The number of hydrogen-bond acceptors (Lipinski definition) is 6. The van der Waals surface area contributed by atoms with E-state index in [0.29, 0.717) is 27.4 Å². The standard InChI is InChI=1S/C23H16BrN3O2S/c1-13-3-5-18(7-14(13)2)26-11-16(10-25)22-27-20(12-30-22)19-9-15-8-17(24)4-6-21(15)29-23(19)28/h3-9,11-12,26H,1-2H3. The maximum Gasteiger partial charge on any atom is 0.345 e. The zero-order valence-corrected chi connectivity index (χ0v) is 18.6. The minimum absolute atomic E-state index is 0.363. The zero-order chi connectivity index (χ0) is 21.3. The van der Waals surface area contributed by atoms with Crippen molar-refractivity contribution in [2.75, 3.05) is 5.32 Å². The molecule has 0 aliphatic heterocycles. The van der Waals surface area contributed by atoms with Gasteiger partial charge in [0.25, 0.3) is 0 Å². The highest BCUT2D eigenvalue weighted by atomic mass is 79.9. The Morgan fingerprint density at radius 2 is 2.03 bits per heavy atom. The van der Waals surface area contributed by atoms with Crippen molar-refractivity contribution in [3.05, 3.63) is 85.1 Å². The van der Waals surface area contributed by atoms with Crippen molar-refractivity contribution in [1.82, 2.24) is 4.98 Å². The van der Waals surface area contributed by atoms with Crippen molar-refractivity contribution < 1.29 is 4.42 Å². The lowest BCUT2D eigenvalue weighted by Crippen LogP contribution is -2.03. The molecule has 0 saturated heterocycles. The summed E-state index contributed by atoms with van der Waals surface area (Å²) in [6, 6.07) is 15.4. The van der Waals surface area contributed by atoms with Gasteiger partial charge in [0.1, 0.15) is 22.2 Å². The molecule has 4 rings (SSSR count). The van der Waals surface area contributed by atoms with Crippen molar-refractivity contribution in [3.8, 4) is 17.3 Å². The van der Waals surface area contributed by atoms with Crippen molar-refractivity contribution in [2.45, 2.75) is 13.8 Å². The van der Waals surface area contributed by atoms with Gasteiger partial charge >= 0.3 is 5.63 Å². The van der Waals surface area contributed by atoms with E-state index < -0.39 is 5.63 Å². The monoisotopic (exact) mass is 477 g/mol. The van der Waals surface area contributed by atoms with Crippen LogP contribution in [0, 0.1) is 25.2 Å². The molecule has 0 unspecified atom stereocenters. The maximum absolute atomic E-state index is 12.4. The Kier molecular flexibility index (Phi) is 5.53. The van der Waals surface area contributed by atoms with Gasteiger partial charge in [-0.25, -0.2) is 9.78 Å². The van der Waals surface area contributed by atoms with Gasteiger partial charge < -0.3 is 9.73 Å². The largest absolute Gasteiger partial charge is 0.422 e. The third-order valence-electron chi connectivity index (χ3n) is 4.72. The molecular weight excluding hydrogens is 462 g/mol. The van der Waals surface area contributed by atoms with Gasteiger partial charge in [-0.3, -0.25) is 0 Å². The highest BCUT2D eigenvalue weighted by Gasteiger charge is 2.14. The highest BCUT2D eigenvalue weighted by Crippen LogP contribution is 2.27. The van der Waals surface area contributed by atoms with Crippen LogP contribution in [0.15, 0.2) is 67.7 Å². The Balaban J connectivity index is 1.66. The molecule has 148 valence electrons. The summed E-state index contributed by atoms with van der Waals surface area (Å²) < 4.78 is 6.31. The molecule has 0 aliphatic carbocycles. The highest BCUT2D eigenvalue weighted by molar-refractivity contribution is 9.10. The third-order valence-corrected chi connectivity index (χ3v) is 6.08. The van der Waals surface area contributed by atoms with Crippen LogP contribution in [0.5, 0.6) is 0 Å². The van der Waals surface area contributed by atoms with Crippen LogP contribution in [0.3, 0.4) is 0 Å². The van der Waals surface area contributed by atoms with E-state index >= 15 is 0 Å². The van der Waals surface area contributed by atoms with Gasteiger partial charge in [0.2, 0.25) is 0 Å². The van der Waals surface area contributed by atoms with Gasteiger partial charge in [-0.1, -0.05) is 22.0 Å². The molecule has 0 saturated carbocycles. The quantitative estimate of drug-likeness (QED) is 0.276. The van der Waals surface area contributed by atoms with Gasteiger partial charge in [-0.15, -0.1) is 11.3 Å². The molecule has 4 aromatic rings. The molecule has 0 bridgehead atoms. The number of anilines is 1. The van der Waals surface area contributed by atoms with Crippen LogP contribution >= 0.6 is 27.3 Å². The molecule has 5 nitrogen and oxygen atoms in total. The molecule has 0 spiro atoms. The lowest BCUT2D eigenvalue weighted by atomic mass is 10.1. The molecule has 2 heterocycles. The smallest absolute Gasteiger partial charge is 0.345 e. The molecular formula is C23H16BrN3O2S. The number of fused-ring (bicyclic) bond motifs is 1. The van der Waals surface area contributed by atoms with Gasteiger partial charge in [-0.05, 0) is 61.4 Å². The fourth-order valence-electron chi connectivity index (χ4n) is 2.92. The minimum atomic E-state index is -0.461. The average molecular weight is 478 g/mol. The van der Waals surface area contributed by atoms with Crippen molar-refractivity contribution in [1.29, 1.82) is 5.26 Å². The van der Waals surface area contributed by atoms with Gasteiger partial charge in [-0.2, -0.15) is 5.26 Å². The minimum Gasteiger partial charge on any atom is -0.422 e. The van der Waals surface area contributed by atoms with Gasteiger partial charge in [0, 0.05) is 27.1 Å². The van der Waals surface area contributed by atoms with Crippen molar-refractivity contribution >= 4 is 49.5 Å². The zero-order valence-electron chi connectivity index (χ0n) is 16.2. The average Bonchev–Trinajstić information content (AvgIpc) is 3.20. The number of nitrogens with one attached hydrogen (secondary N) is 1. The molecule has 30 heavy (non-hydrogen) atoms. The second-order valence-electron chi connectivity index (χ2n) is 6.78. The summed E-state index contributed by atoms with van der Waals surface area (Å²) in [6.45, 7) is 4.09. The summed E-state index contributed by atoms with van der Waals surface area (Å²) >= 11 is 4.73. The summed E-state index contributed by atoms with van der Waals surface area (Å²) in [4.78, 5) is 16.9. The van der Waals surface area contributed by atoms with Gasteiger partial charge in [0.15, 0.2) is 0 Å². The number of rotatable bonds is 4. The number of hydrogen-bond donors (Lipinski definition) is 1. The summed E-state index contributed by atoms with van der Waals surface area (Å²) in [6.07, 6.45) is 1.63. The fourth-order valence-corrected chi connectivity index (χ4v) is 4.09. The SMILES string of the molecule is Cc1ccc(NC=C(C#N)c2nc(-c3cc4cc(Br)ccc4oc3=O)cs2)cc1C. The Bertz CT molecular complexity index is 1400. The first-order chi connectivity index (χ1) is 14.4. The predicted octanol–water partition coefficient (Wildman–Crippen LogP) is 6.27. The van der Waals surface area contributed by atoms with Crippen LogP contribution < -0.4 is 10.9 Å². The van der Waals surface area contributed by atoms with E-state index in [2.05, 4.69) is 39.2 Å². The molecule has 0 fully saturated rings. The Morgan fingerprint density at radius 3 is 2.80 bits per heavy atom. The number of benzene rings is 2. The number of thiazole rings is 1. The van der Waals surface area contributed by atoms with Gasteiger partial charge in [0.05, 0.1) is 11.3 Å². The van der Waals surface area contributed by atoms with Crippen LogP contribution in [0.2, 0.25) is 0 Å². The number of nitriles is 1. The second kappa shape index (κ2) is 8.27. The van der Waals surface area contributed by atoms with E-state index in [0.717, 1.165) is 21.1 Å². The maximum atomic E-state index is 12.4. The number of halogens is 1. The molecule has 0 aliphatic rings. The number of nitrogens with zero attached hydrogens (tertiary/aromatic N) is 2. The molecule has 1 N–H and O–H groups in total. The molecule has 0 amide bonds. The summed E-state index contributed by atoms with van der Waals surface area (Å²) in [5.74, 6) is 0. The first-order valence-electron chi connectivity index (χ1n) is 9.08. The predicted molar refractivity (Wildman–Crippen MR) is 124 cm³/mol. The Morgan fingerprint density at radius 1 is 1.20 bits per heavy atom. The molecule has 2 aromatic carbocycles. The third kappa shape index (κ3) is 4.06. The van der Waals surface area contributed by atoms with Crippen LogP contribution in [0.4, 0.5) is 5.69 Å². The van der Waals surface area contributed by atoms with Crippen LogP contribution in [-0.2, 0) is 0 Å². The van der Waals surface area contributed by atoms with E-state index in [1.807, 2.05) is 37.3 Å². The topological polar surface area (TPSA) is 78.9 Å². The first kappa shape index (κ1) is 20.1. The molecule has 0 atom stereocenters. The van der Waals surface area contributed by atoms with Crippen LogP contribution in [0.25, 0.3) is 27.8 Å². The van der Waals surface area contributed by atoms with Crippen molar-refractivity contribution in [2.24, 2.45) is 0 Å². The lowest BCUT2D eigenvalue weighted by Gasteiger charge is -2.05. The molecule has 7 heteroatoms. The van der Waals surface area contributed by atoms with E-state index in [1.54, 1.807) is 23.7 Å². The Labute approximate surface area is 185 Å². The second-order valence-corrected chi connectivity index (χ2v) is 8.55. The van der Waals surface area contributed by atoms with E-state index in [-0.39, 0.29) is 0 Å². The summed E-state index contributed by atoms with van der Waals surface area (Å²) in [7, 11) is 0. The summed E-state index contributed by atoms with van der Waals surface area (Å²) in [5.41, 5.74) is 4.55. The summed E-state index contributed by atoms with van der Waals surface area (Å²) in [5, 5.41) is 15.8. The van der Waals surface area contributed by atoms with Crippen LogP contribution in [-0.4, -0.2) is 4.98 Å². The van der Waals surface area contributed by atoms with E-state index in [1.165, 1.54) is 16.9 Å². The number of aromatic nitrogens is 1. The number of aryl methyl sites for hydroxylation is 2. The normalized spacial score (nSPS) is 11.5. The lowest BCUT2D eigenvalue weighted by molar-refractivity contribution is 0.563. The Hall–Kier alpha value is -3.21. The van der Waals surface area contributed by atoms with E-state index in [9.17, 15) is 10.1 Å². The number of allylic oxidation sites excluding steroid dienone is 1. The molecule has 0 radical (unpaired) electrons. The fraction of sp³-hybridized carbons (Fsp3) is 0.0870. The molecule has 2 aromatic heterocycles. The van der Waals surface area contributed by atoms with E-state index in [4.69, 9.17) is 4.42 Å². The van der Waals surface area contributed by atoms with Crippen molar-refractivity contribution in [3.63, 3.8) is 0 Å². The first-order valence-corrected chi connectivity index (χ1v) is 10.8.